The molecular formula is C37H35FN6O6. The van der Waals surface area contributed by atoms with Crippen molar-refractivity contribution in [1.29, 1.82) is 0 Å². The summed E-state index contributed by atoms with van der Waals surface area (Å²) in [6, 6.07) is 20.4. The highest BCUT2D eigenvalue weighted by Gasteiger charge is 2.07. The highest BCUT2D eigenvalue weighted by atomic mass is 19.1. The van der Waals surface area contributed by atoms with Gasteiger partial charge >= 0.3 is 11.9 Å². The first-order chi connectivity index (χ1) is 24.1. The smallest absolute Gasteiger partial charge is 0.330 e. The molecule has 0 N–H and O–H groups in total. The molecule has 4 aromatic rings. The average Bonchev–Trinajstić information content (AvgIpc) is 3.11. The number of hydrogen-bond donors (Lipinski definition) is 0. The Morgan fingerprint density at radius 3 is 1.38 bits per heavy atom. The third-order valence-electron chi connectivity index (χ3n) is 6.77. The van der Waals surface area contributed by atoms with Gasteiger partial charge < -0.3 is 18.9 Å². The van der Waals surface area contributed by atoms with Gasteiger partial charge in [0.2, 0.25) is 0 Å². The van der Waals surface area contributed by atoms with Gasteiger partial charge in [-0.1, -0.05) is 13.2 Å². The second kappa shape index (κ2) is 18.2. The standard InChI is InChI=1S/C37H35FN6O6/c1-6-36(45)49-18-16-47-34-14-10-29(22-26(34)5)41-39-27-8-12-32(24(3)20-27)43-44-33-13-9-28(21-25(33)4)40-42-30-11-15-35(31(38)23-30)48-17-19-50-37(46)7-2/h6-15,20-23H,1-2,16-19H2,3-5H3. The Bertz CT molecular complexity index is 1820. The molecular weight excluding hydrogens is 643 g/mol. The Labute approximate surface area is 288 Å². The molecule has 12 nitrogen and oxygen atoms in total. The van der Waals surface area contributed by atoms with Crippen LogP contribution in [0.4, 0.5) is 38.5 Å². The first kappa shape index (κ1) is 36.5. The van der Waals surface area contributed by atoms with E-state index in [2.05, 4.69) is 43.8 Å². The van der Waals surface area contributed by atoms with Crippen molar-refractivity contribution in [3.63, 3.8) is 0 Å². The Balaban J connectivity index is 1.31. The van der Waals surface area contributed by atoms with Gasteiger partial charge in [-0.15, -0.1) is 0 Å². The fourth-order valence-corrected chi connectivity index (χ4v) is 4.20. The molecule has 0 saturated heterocycles. The fraction of sp³-hybridized carbons (Fsp3) is 0.189. The van der Waals surface area contributed by atoms with Crippen LogP contribution in [-0.2, 0) is 19.1 Å². The summed E-state index contributed by atoms with van der Waals surface area (Å²) in [7, 11) is 0. The van der Waals surface area contributed by atoms with Crippen molar-refractivity contribution in [2.24, 2.45) is 30.7 Å². The van der Waals surface area contributed by atoms with Crippen LogP contribution in [-0.4, -0.2) is 38.4 Å². The van der Waals surface area contributed by atoms with E-state index in [1.54, 1.807) is 42.5 Å². The topological polar surface area (TPSA) is 145 Å². The summed E-state index contributed by atoms with van der Waals surface area (Å²) in [4.78, 5) is 22.2. The molecule has 0 aromatic heterocycles. The molecule has 0 bridgehead atoms. The zero-order chi connectivity index (χ0) is 35.9. The molecule has 0 amide bonds. The van der Waals surface area contributed by atoms with Gasteiger partial charge in [0, 0.05) is 18.2 Å². The average molecular weight is 679 g/mol. The van der Waals surface area contributed by atoms with Gasteiger partial charge in [-0.3, -0.25) is 0 Å². The predicted molar refractivity (Wildman–Crippen MR) is 186 cm³/mol. The van der Waals surface area contributed by atoms with Crippen LogP contribution < -0.4 is 9.47 Å². The molecule has 50 heavy (non-hydrogen) atoms. The second-order valence-corrected chi connectivity index (χ2v) is 10.5. The van der Waals surface area contributed by atoms with E-state index >= 15 is 0 Å². The monoisotopic (exact) mass is 678 g/mol. The Kier molecular flexibility index (Phi) is 13.3. The van der Waals surface area contributed by atoms with E-state index in [-0.39, 0.29) is 32.2 Å². The number of carbonyl (C=O) groups is 2. The lowest BCUT2D eigenvalue weighted by Gasteiger charge is -2.09. The first-order valence-corrected chi connectivity index (χ1v) is 15.4. The predicted octanol–water partition coefficient (Wildman–Crippen LogP) is 10.2. The quantitative estimate of drug-likeness (QED) is 0.0499. The SMILES string of the molecule is C=CC(=O)OCCOc1ccc(N=Nc2ccc(N=Nc3ccc(N=Nc4ccc(OCCOC(=O)C=C)c(F)c4)cc3C)c(C)c2)cc1C. The van der Waals surface area contributed by atoms with Crippen molar-refractivity contribution in [1.82, 2.24) is 0 Å². The highest BCUT2D eigenvalue weighted by Crippen LogP contribution is 2.31. The summed E-state index contributed by atoms with van der Waals surface area (Å²) >= 11 is 0. The molecule has 4 aromatic carbocycles. The summed E-state index contributed by atoms with van der Waals surface area (Å²) in [5.41, 5.74) is 6.05. The number of benzene rings is 4. The van der Waals surface area contributed by atoms with Crippen LogP contribution in [0.2, 0.25) is 0 Å². The number of hydrogen-bond acceptors (Lipinski definition) is 12. The Morgan fingerprint density at radius 2 is 0.960 bits per heavy atom. The Morgan fingerprint density at radius 1 is 0.560 bits per heavy atom. The summed E-state index contributed by atoms with van der Waals surface area (Å²) in [6.07, 6.45) is 2.14. The van der Waals surface area contributed by atoms with Crippen LogP contribution in [0.3, 0.4) is 0 Å². The molecule has 0 unspecified atom stereocenters. The number of halogens is 1. The molecule has 0 spiro atoms. The molecule has 0 aliphatic carbocycles. The van der Waals surface area contributed by atoms with E-state index < -0.39 is 17.8 Å². The lowest BCUT2D eigenvalue weighted by Crippen LogP contribution is -2.10. The minimum Gasteiger partial charge on any atom is -0.490 e. The van der Waals surface area contributed by atoms with Gasteiger partial charge in [0.1, 0.15) is 32.2 Å². The number of azo groups is 3. The van der Waals surface area contributed by atoms with Crippen LogP contribution in [0, 0.1) is 26.6 Å². The van der Waals surface area contributed by atoms with Crippen molar-refractivity contribution < 1.29 is 32.9 Å². The van der Waals surface area contributed by atoms with Gasteiger partial charge in [-0.2, -0.15) is 30.7 Å². The molecule has 4 rings (SSSR count). The van der Waals surface area contributed by atoms with Crippen LogP contribution >= 0.6 is 0 Å². The van der Waals surface area contributed by atoms with E-state index in [0.717, 1.165) is 28.8 Å². The van der Waals surface area contributed by atoms with Crippen molar-refractivity contribution in [2.45, 2.75) is 20.8 Å². The molecule has 0 fully saturated rings. The zero-order valence-corrected chi connectivity index (χ0v) is 27.8. The molecule has 256 valence electrons. The highest BCUT2D eigenvalue weighted by molar-refractivity contribution is 5.81. The number of aryl methyl sites for hydroxylation is 3. The molecule has 0 heterocycles. The molecule has 0 radical (unpaired) electrons. The molecule has 0 saturated carbocycles. The van der Waals surface area contributed by atoms with Crippen LogP contribution in [0.25, 0.3) is 0 Å². The fourth-order valence-electron chi connectivity index (χ4n) is 4.20. The number of nitrogens with zero attached hydrogens (tertiary/aromatic N) is 6. The second-order valence-electron chi connectivity index (χ2n) is 10.5. The number of ether oxygens (including phenoxy) is 4. The van der Waals surface area contributed by atoms with Crippen molar-refractivity contribution in [2.75, 3.05) is 26.4 Å². The van der Waals surface area contributed by atoms with Gasteiger partial charge in [0.15, 0.2) is 11.6 Å². The lowest BCUT2D eigenvalue weighted by molar-refractivity contribution is -0.139. The van der Waals surface area contributed by atoms with Crippen molar-refractivity contribution in [3.8, 4) is 11.5 Å². The van der Waals surface area contributed by atoms with Gasteiger partial charge in [0.25, 0.3) is 0 Å². The maximum Gasteiger partial charge on any atom is 0.330 e. The number of rotatable bonds is 16. The lowest BCUT2D eigenvalue weighted by atomic mass is 10.2. The largest absolute Gasteiger partial charge is 0.490 e. The van der Waals surface area contributed by atoms with E-state index in [4.69, 9.17) is 18.9 Å². The zero-order valence-electron chi connectivity index (χ0n) is 27.8. The van der Waals surface area contributed by atoms with E-state index in [1.165, 1.54) is 12.1 Å². The maximum absolute atomic E-state index is 14.4. The molecule has 0 aliphatic rings. The summed E-state index contributed by atoms with van der Waals surface area (Å²) < 4.78 is 35.1. The van der Waals surface area contributed by atoms with Gasteiger partial charge in [0.05, 0.1) is 34.1 Å². The Hall–Kier alpha value is -6.37. The van der Waals surface area contributed by atoms with E-state index in [1.807, 2.05) is 39.0 Å². The van der Waals surface area contributed by atoms with E-state index in [9.17, 15) is 14.0 Å². The van der Waals surface area contributed by atoms with Crippen molar-refractivity contribution >= 4 is 46.1 Å². The summed E-state index contributed by atoms with van der Waals surface area (Å²) in [6.45, 7) is 12.6. The minimum atomic E-state index is -0.620. The van der Waals surface area contributed by atoms with Crippen LogP contribution in [0.15, 0.2) is 129 Å². The van der Waals surface area contributed by atoms with E-state index in [0.29, 0.717) is 39.9 Å². The maximum atomic E-state index is 14.4. The molecule has 0 atom stereocenters. The third-order valence-corrected chi connectivity index (χ3v) is 6.77. The normalized spacial score (nSPS) is 11.2. The number of carbonyl (C=O) groups excluding carboxylic acids is 2. The summed E-state index contributed by atoms with van der Waals surface area (Å²) in [5.74, 6) is -1.03. The minimum absolute atomic E-state index is 0.00541. The summed E-state index contributed by atoms with van der Waals surface area (Å²) in [5, 5.41) is 25.8. The molecule has 0 aliphatic heterocycles. The van der Waals surface area contributed by atoms with Gasteiger partial charge in [-0.25, -0.2) is 14.0 Å². The third kappa shape index (κ3) is 11.1. The molecule has 13 heteroatoms. The van der Waals surface area contributed by atoms with Crippen LogP contribution in [0.5, 0.6) is 11.5 Å². The first-order valence-electron chi connectivity index (χ1n) is 15.4. The van der Waals surface area contributed by atoms with Gasteiger partial charge in [-0.05, 0) is 104 Å². The van der Waals surface area contributed by atoms with Crippen LogP contribution in [0.1, 0.15) is 16.7 Å². The van der Waals surface area contributed by atoms with Crippen molar-refractivity contribution in [3.05, 3.63) is 121 Å². The number of esters is 2.